The van der Waals surface area contributed by atoms with Crippen LogP contribution in [-0.4, -0.2) is 59.3 Å². The second-order valence-electron chi connectivity index (χ2n) is 9.20. The van der Waals surface area contributed by atoms with Crippen molar-refractivity contribution in [3.63, 3.8) is 0 Å². The number of amides is 1. The highest BCUT2D eigenvalue weighted by molar-refractivity contribution is 5.98. The number of benzene rings is 2. The summed E-state index contributed by atoms with van der Waals surface area (Å²) in [5.41, 5.74) is 3.02. The molecule has 6 nitrogen and oxygen atoms in total. The number of fused-ring (bicyclic) bond motifs is 1. The van der Waals surface area contributed by atoms with Gasteiger partial charge in [-0.25, -0.2) is 0 Å². The highest BCUT2D eigenvalue weighted by Gasteiger charge is 2.31. The zero-order chi connectivity index (χ0) is 23.0. The number of carbonyl (C=O) groups is 1. The molecule has 0 spiro atoms. The number of likely N-dealkylation sites (tertiary alicyclic amines) is 1. The number of H-pyrrole nitrogens is 1. The van der Waals surface area contributed by atoms with E-state index in [2.05, 4.69) is 51.7 Å². The zero-order valence-corrected chi connectivity index (χ0v) is 19.5. The molecule has 0 bridgehead atoms. The zero-order valence-electron chi connectivity index (χ0n) is 19.5. The molecule has 33 heavy (non-hydrogen) atoms. The van der Waals surface area contributed by atoms with Gasteiger partial charge in [0.1, 0.15) is 0 Å². The Kier molecular flexibility index (Phi) is 8.15. The Bertz CT molecular complexity index is 1020. The average molecular weight is 449 g/mol. The predicted octanol–water partition coefficient (Wildman–Crippen LogP) is 3.54. The van der Waals surface area contributed by atoms with Gasteiger partial charge >= 0.3 is 0 Å². The lowest BCUT2D eigenvalue weighted by molar-refractivity contribution is 0.0348. The van der Waals surface area contributed by atoms with Crippen molar-refractivity contribution in [1.82, 2.24) is 20.5 Å². The molecule has 3 unspecified atom stereocenters. The topological polar surface area (TPSA) is 80.4 Å². The van der Waals surface area contributed by atoms with Crippen molar-refractivity contribution in [2.45, 2.75) is 44.9 Å². The van der Waals surface area contributed by atoms with E-state index >= 15 is 0 Å². The van der Waals surface area contributed by atoms with Gasteiger partial charge in [0.05, 0.1) is 12.3 Å². The van der Waals surface area contributed by atoms with Gasteiger partial charge < -0.3 is 20.7 Å². The minimum atomic E-state index is -0.460. The molecule has 1 aliphatic rings. The van der Waals surface area contributed by atoms with E-state index in [-0.39, 0.29) is 12.1 Å². The molecule has 4 rings (SSSR count). The fourth-order valence-electron chi connectivity index (χ4n) is 4.80. The average Bonchev–Trinajstić information content (AvgIpc) is 3.29. The Hall–Kier alpha value is -2.67. The van der Waals surface area contributed by atoms with Crippen molar-refractivity contribution in [3.8, 4) is 0 Å². The molecule has 1 amide bonds. The SMILES string of the molecule is CCCNCC(O)CN1CCC(Cc2ccccc2)CC1NC(=O)c1ccc2[nH]ccc2c1. The number of aliphatic hydroxyl groups excluding tert-OH is 1. The maximum Gasteiger partial charge on any atom is 0.252 e. The van der Waals surface area contributed by atoms with Crippen LogP contribution in [0.1, 0.15) is 42.1 Å². The molecule has 1 fully saturated rings. The third-order valence-corrected chi connectivity index (χ3v) is 6.55. The summed E-state index contributed by atoms with van der Waals surface area (Å²) in [7, 11) is 0. The maximum atomic E-state index is 13.2. The van der Waals surface area contributed by atoms with E-state index in [0.29, 0.717) is 24.6 Å². The first kappa shape index (κ1) is 23.5. The number of rotatable bonds is 10. The Morgan fingerprint density at radius 1 is 1.21 bits per heavy atom. The number of hydrogen-bond donors (Lipinski definition) is 4. The highest BCUT2D eigenvalue weighted by Crippen LogP contribution is 2.26. The molecule has 0 saturated carbocycles. The largest absolute Gasteiger partial charge is 0.390 e. The molecule has 3 aromatic rings. The molecule has 1 aliphatic heterocycles. The van der Waals surface area contributed by atoms with Crippen molar-refractivity contribution < 1.29 is 9.90 Å². The van der Waals surface area contributed by atoms with Gasteiger partial charge in [0.15, 0.2) is 0 Å². The fraction of sp³-hybridized carbons (Fsp3) is 0.444. The highest BCUT2D eigenvalue weighted by atomic mass is 16.3. The summed E-state index contributed by atoms with van der Waals surface area (Å²) in [6.07, 6.45) is 5.32. The van der Waals surface area contributed by atoms with Crippen LogP contribution in [0.15, 0.2) is 60.8 Å². The summed E-state index contributed by atoms with van der Waals surface area (Å²) in [4.78, 5) is 18.6. The Balaban J connectivity index is 1.44. The minimum Gasteiger partial charge on any atom is -0.390 e. The van der Waals surface area contributed by atoms with Crippen LogP contribution in [0.5, 0.6) is 0 Å². The second kappa shape index (κ2) is 11.5. The molecule has 2 heterocycles. The van der Waals surface area contributed by atoms with Gasteiger partial charge in [0.25, 0.3) is 5.91 Å². The smallest absolute Gasteiger partial charge is 0.252 e. The molecule has 4 N–H and O–H groups in total. The van der Waals surface area contributed by atoms with Crippen LogP contribution in [0.4, 0.5) is 0 Å². The lowest BCUT2D eigenvalue weighted by Crippen LogP contribution is -2.55. The Morgan fingerprint density at radius 2 is 2.06 bits per heavy atom. The summed E-state index contributed by atoms with van der Waals surface area (Å²) in [5.74, 6) is 0.434. The van der Waals surface area contributed by atoms with Gasteiger partial charge in [-0.15, -0.1) is 0 Å². The Morgan fingerprint density at radius 3 is 2.88 bits per heavy atom. The number of hydrogen-bond acceptors (Lipinski definition) is 4. The number of β-amino-alcohol motifs (C(OH)–C–C–N with tert-alkyl or cyclic N) is 1. The lowest BCUT2D eigenvalue weighted by atomic mass is 9.88. The molecule has 1 saturated heterocycles. The quantitative estimate of drug-likeness (QED) is 0.358. The van der Waals surface area contributed by atoms with Crippen molar-refractivity contribution in [2.24, 2.45) is 5.92 Å². The molecule has 176 valence electrons. The monoisotopic (exact) mass is 448 g/mol. The van der Waals surface area contributed by atoms with Gasteiger partial charge in [0.2, 0.25) is 0 Å². The molecule has 3 atom stereocenters. The molecule has 6 heteroatoms. The number of nitrogens with zero attached hydrogens (tertiary/aromatic N) is 1. The maximum absolute atomic E-state index is 13.2. The van der Waals surface area contributed by atoms with Crippen molar-refractivity contribution in [2.75, 3.05) is 26.2 Å². The van der Waals surface area contributed by atoms with Gasteiger partial charge in [0, 0.05) is 42.3 Å². The summed E-state index contributed by atoms with van der Waals surface area (Å²) in [6.45, 7) is 5.01. The van der Waals surface area contributed by atoms with Crippen molar-refractivity contribution >= 4 is 16.8 Å². The van der Waals surface area contributed by atoms with Crippen LogP contribution in [0.2, 0.25) is 0 Å². The van der Waals surface area contributed by atoms with Gasteiger partial charge in [-0.05, 0) is 68.0 Å². The second-order valence-corrected chi connectivity index (χ2v) is 9.20. The molecule has 2 aromatic carbocycles. The molecule has 0 aliphatic carbocycles. The van der Waals surface area contributed by atoms with E-state index in [9.17, 15) is 9.90 Å². The van der Waals surface area contributed by atoms with E-state index in [4.69, 9.17) is 0 Å². The lowest BCUT2D eigenvalue weighted by Gasteiger charge is -2.40. The van der Waals surface area contributed by atoms with Crippen molar-refractivity contribution in [3.05, 3.63) is 71.9 Å². The van der Waals surface area contributed by atoms with E-state index in [0.717, 1.165) is 49.7 Å². The summed E-state index contributed by atoms with van der Waals surface area (Å²) < 4.78 is 0. The van der Waals surface area contributed by atoms with Crippen LogP contribution >= 0.6 is 0 Å². The Labute approximate surface area is 196 Å². The van der Waals surface area contributed by atoms with Crippen molar-refractivity contribution in [1.29, 1.82) is 0 Å². The molecular weight excluding hydrogens is 412 g/mol. The first-order valence-electron chi connectivity index (χ1n) is 12.2. The third kappa shape index (κ3) is 6.44. The molecule has 0 radical (unpaired) electrons. The number of aromatic nitrogens is 1. The van der Waals surface area contributed by atoms with Crippen LogP contribution in [-0.2, 0) is 6.42 Å². The van der Waals surface area contributed by atoms with Gasteiger partial charge in [-0.2, -0.15) is 0 Å². The number of piperidine rings is 1. The van der Waals surface area contributed by atoms with E-state index in [1.807, 2.05) is 36.5 Å². The van der Waals surface area contributed by atoms with E-state index in [1.165, 1.54) is 5.56 Å². The number of aliphatic hydroxyl groups is 1. The van der Waals surface area contributed by atoms with E-state index < -0.39 is 6.10 Å². The summed E-state index contributed by atoms with van der Waals surface area (Å²) in [6, 6.07) is 18.3. The predicted molar refractivity (Wildman–Crippen MR) is 133 cm³/mol. The summed E-state index contributed by atoms with van der Waals surface area (Å²) in [5, 5.41) is 18.2. The minimum absolute atomic E-state index is 0.0629. The third-order valence-electron chi connectivity index (χ3n) is 6.55. The van der Waals surface area contributed by atoms with Gasteiger partial charge in [-0.1, -0.05) is 37.3 Å². The van der Waals surface area contributed by atoms with Crippen LogP contribution in [0.3, 0.4) is 0 Å². The first-order valence-corrected chi connectivity index (χ1v) is 12.2. The molecular formula is C27H36N4O2. The number of nitrogens with one attached hydrogen (secondary N) is 3. The van der Waals surface area contributed by atoms with Crippen LogP contribution in [0, 0.1) is 5.92 Å². The van der Waals surface area contributed by atoms with Crippen LogP contribution < -0.4 is 10.6 Å². The number of aromatic amines is 1. The number of carbonyl (C=O) groups excluding carboxylic acids is 1. The van der Waals surface area contributed by atoms with E-state index in [1.54, 1.807) is 0 Å². The molecule has 1 aromatic heterocycles. The standard InChI is InChI=1S/C27H36N4O2/c1-2-12-28-18-24(32)19-31-14-11-21(15-20-6-4-3-5-7-20)16-26(31)30-27(33)23-8-9-25-22(17-23)10-13-29-25/h3-10,13,17,21,24,26,28-29,32H,2,11-12,14-16,18-19H2,1H3,(H,30,33). The van der Waals surface area contributed by atoms with Gasteiger partial charge in [-0.3, -0.25) is 9.69 Å². The first-order chi connectivity index (χ1) is 16.1. The fourth-order valence-corrected chi connectivity index (χ4v) is 4.80. The summed E-state index contributed by atoms with van der Waals surface area (Å²) >= 11 is 0. The normalized spacial score (nSPS) is 20.1. The van der Waals surface area contributed by atoms with Crippen LogP contribution in [0.25, 0.3) is 10.9 Å².